The van der Waals surface area contributed by atoms with Crippen LogP contribution >= 0.6 is 0 Å². The normalized spacial score (nSPS) is 17.9. The summed E-state index contributed by atoms with van der Waals surface area (Å²) in [5.74, 6) is -2.49. The van der Waals surface area contributed by atoms with Gasteiger partial charge in [0.25, 0.3) is 0 Å². The van der Waals surface area contributed by atoms with E-state index in [9.17, 15) is 9.59 Å². The van der Waals surface area contributed by atoms with E-state index in [0.717, 1.165) is 18.6 Å². The maximum atomic E-state index is 9.77. The minimum atomic E-state index is -2.27. The van der Waals surface area contributed by atoms with E-state index >= 15 is 0 Å². The fourth-order valence-corrected chi connectivity index (χ4v) is 3.57. The van der Waals surface area contributed by atoms with Gasteiger partial charge in [0.2, 0.25) is 0 Å². The average Bonchev–Trinajstić information content (AvgIpc) is 2.78. The van der Waals surface area contributed by atoms with Crippen molar-refractivity contribution in [1.82, 2.24) is 5.32 Å². The van der Waals surface area contributed by atoms with Crippen LogP contribution in [0.15, 0.2) is 48.5 Å². The monoisotopic (exact) mass is 431 g/mol. The molecule has 0 amide bonds. The average molecular weight is 431 g/mol. The third-order valence-electron chi connectivity index (χ3n) is 5.25. The molecule has 0 bridgehead atoms. The van der Waals surface area contributed by atoms with E-state index in [1.165, 1.54) is 23.1 Å². The molecule has 4 atom stereocenters. The number of aliphatic carboxylic acids is 2. The summed E-state index contributed by atoms with van der Waals surface area (Å²) in [4.78, 5) is 19.5. The standard InChI is InChI=1S/C19H23NO.C4H6O6/c1-14(15-7-4-3-5-8-15)20-17-11-12-18-16(13-17)9-6-10-19(18)21-2;5-1(3(7)8)2(6)4(9)10/h3-10,14,17,20H,11-13H2,1-2H3;1-2,5-6H,(H,7,8)(H,9,10)/t14-,17+;1-,2-/m11/s1. The Kier molecular flexibility index (Phi) is 8.99. The van der Waals surface area contributed by atoms with Crippen LogP contribution < -0.4 is 10.1 Å². The van der Waals surface area contributed by atoms with Gasteiger partial charge in [-0.15, -0.1) is 0 Å². The first-order valence-corrected chi connectivity index (χ1v) is 10.0. The van der Waals surface area contributed by atoms with E-state index in [-0.39, 0.29) is 0 Å². The highest BCUT2D eigenvalue weighted by Gasteiger charge is 2.29. The third kappa shape index (κ3) is 6.78. The maximum Gasteiger partial charge on any atom is 0.335 e. The number of hydrogen-bond donors (Lipinski definition) is 5. The molecule has 1 aliphatic carbocycles. The third-order valence-corrected chi connectivity index (χ3v) is 5.25. The topological polar surface area (TPSA) is 136 Å². The van der Waals surface area contributed by atoms with Crippen LogP contribution in [-0.2, 0) is 22.4 Å². The zero-order chi connectivity index (χ0) is 23.0. The van der Waals surface area contributed by atoms with E-state index < -0.39 is 24.1 Å². The van der Waals surface area contributed by atoms with Crippen molar-refractivity contribution in [2.24, 2.45) is 0 Å². The van der Waals surface area contributed by atoms with Gasteiger partial charge in [-0.2, -0.15) is 0 Å². The predicted molar refractivity (Wildman–Crippen MR) is 114 cm³/mol. The lowest BCUT2D eigenvalue weighted by Gasteiger charge is -2.29. The number of aliphatic hydroxyl groups is 2. The largest absolute Gasteiger partial charge is 0.496 e. The molecule has 5 N–H and O–H groups in total. The summed E-state index contributed by atoms with van der Waals surface area (Å²) in [6.45, 7) is 2.25. The molecule has 0 heterocycles. The zero-order valence-electron chi connectivity index (χ0n) is 17.6. The van der Waals surface area contributed by atoms with Crippen LogP contribution in [0.4, 0.5) is 0 Å². The van der Waals surface area contributed by atoms with E-state index in [4.69, 9.17) is 25.2 Å². The molecule has 31 heavy (non-hydrogen) atoms. The van der Waals surface area contributed by atoms with Crippen molar-refractivity contribution < 1.29 is 34.8 Å². The van der Waals surface area contributed by atoms with E-state index in [2.05, 4.69) is 60.8 Å². The van der Waals surface area contributed by atoms with Gasteiger partial charge in [0.1, 0.15) is 5.75 Å². The first kappa shape index (κ1) is 24.3. The van der Waals surface area contributed by atoms with Crippen molar-refractivity contribution >= 4 is 11.9 Å². The number of hydrogen-bond acceptors (Lipinski definition) is 6. The highest BCUT2D eigenvalue weighted by molar-refractivity contribution is 5.83. The minimum absolute atomic E-state index is 0.392. The number of methoxy groups -OCH3 is 1. The summed E-state index contributed by atoms with van der Waals surface area (Å²) in [5, 5.41) is 36.3. The molecule has 0 spiro atoms. The van der Waals surface area contributed by atoms with Gasteiger partial charge in [0.05, 0.1) is 7.11 Å². The Morgan fingerprint density at radius 1 is 1.00 bits per heavy atom. The fraction of sp³-hybridized carbons (Fsp3) is 0.391. The van der Waals surface area contributed by atoms with Crippen LogP contribution in [-0.4, -0.2) is 57.7 Å². The molecule has 0 unspecified atom stereocenters. The Bertz CT molecular complexity index is 853. The molecular formula is C23H29NO7. The molecule has 0 aliphatic heterocycles. The number of carboxylic acid groups (broad SMARTS) is 2. The van der Waals surface area contributed by atoms with Crippen LogP contribution in [0, 0.1) is 0 Å². The summed E-state index contributed by atoms with van der Waals surface area (Å²) in [6.07, 6.45) is -1.18. The van der Waals surface area contributed by atoms with Crippen molar-refractivity contribution in [3.63, 3.8) is 0 Å². The number of fused-ring (bicyclic) bond motifs is 1. The lowest BCUT2D eigenvalue weighted by Crippen LogP contribution is -2.39. The molecule has 2 aromatic rings. The Morgan fingerprint density at radius 3 is 2.16 bits per heavy atom. The Hall–Kier alpha value is -2.94. The zero-order valence-corrected chi connectivity index (χ0v) is 17.6. The first-order chi connectivity index (χ1) is 14.7. The lowest BCUT2D eigenvalue weighted by molar-refractivity contribution is -0.165. The molecule has 0 aromatic heterocycles. The molecule has 168 valence electrons. The van der Waals surface area contributed by atoms with Crippen molar-refractivity contribution in [1.29, 1.82) is 0 Å². The molecule has 3 rings (SSSR count). The Labute approximate surface area is 181 Å². The summed E-state index contributed by atoms with van der Waals surface area (Å²) in [5.41, 5.74) is 4.18. The molecule has 8 heteroatoms. The number of carbonyl (C=O) groups is 2. The molecule has 0 radical (unpaired) electrons. The van der Waals surface area contributed by atoms with Crippen LogP contribution in [0.25, 0.3) is 0 Å². The molecule has 0 saturated heterocycles. The maximum absolute atomic E-state index is 9.77. The van der Waals surface area contributed by atoms with Crippen molar-refractivity contribution in [3.8, 4) is 5.75 Å². The van der Waals surface area contributed by atoms with Crippen molar-refractivity contribution in [3.05, 3.63) is 65.2 Å². The lowest BCUT2D eigenvalue weighted by atomic mass is 9.87. The van der Waals surface area contributed by atoms with Gasteiger partial charge in [-0.25, -0.2) is 9.59 Å². The summed E-state index contributed by atoms with van der Waals surface area (Å²) >= 11 is 0. The minimum Gasteiger partial charge on any atom is -0.496 e. The summed E-state index contributed by atoms with van der Waals surface area (Å²) in [7, 11) is 1.76. The number of carboxylic acids is 2. The SMILES string of the molecule is COc1cccc2c1CC[C@H](N[C@H](C)c1ccccc1)C2.O=C(O)[C@H](O)[C@@H](O)C(=O)O. The van der Waals surface area contributed by atoms with Gasteiger partial charge in [0, 0.05) is 12.1 Å². The van der Waals surface area contributed by atoms with Crippen LogP contribution in [0.1, 0.15) is 36.1 Å². The number of nitrogens with one attached hydrogen (secondary N) is 1. The fourth-order valence-electron chi connectivity index (χ4n) is 3.57. The molecule has 1 aliphatic rings. The number of ether oxygens (including phenoxy) is 1. The van der Waals surface area contributed by atoms with E-state index in [1.54, 1.807) is 7.11 Å². The van der Waals surface area contributed by atoms with E-state index in [0.29, 0.717) is 12.1 Å². The second-order valence-electron chi connectivity index (χ2n) is 7.40. The number of rotatable bonds is 7. The van der Waals surface area contributed by atoms with Gasteiger partial charge < -0.3 is 30.5 Å². The second kappa shape index (κ2) is 11.5. The molecule has 8 nitrogen and oxygen atoms in total. The summed E-state index contributed by atoms with van der Waals surface area (Å²) in [6, 6.07) is 18.0. The van der Waals surface area contributed by atoms with E-state index in [1.807, 2.05) is 0 Å². The van der Waals surface area contributed by atoms with Gasteiger partial charge in [-0.05, 0) is 48.9 Å². The highest BCUT2D eigenvalue weighted by Crippen LogP contribution is 2.30. The van der Waals surface area contributed by atoms with Gasteiger partial charge in [-0.3, -0.25) is 0 Å². The molecular weight excluding hydrogens is 402 g/mol. The van der Waals surface area contributed by atoms with Crippen molar-refractivity contribution in [2.75, 3.05) is 7.11 Å². The second-order valence-corrected chi connectivity index (χ2v) is 7.40. The number of benzene rings is 2. The van der Waals surface area contributed by atoms with Crippen molar-refractivity contribution in [2.45, 2.75) is 50.5 Å². The molecule has 2 aromatic carbocycles. The van der Waals surface area contributed by atoms with Crippen LogP contribution in [0.2, 0.25) is 0 Å². The smallest absolute Gasteiger partial charge is 0.335 e. The molecule has 0 fully saturated rings. The number of aliphatic hydroxyl groups excluding tert-OH is 2. The Balaban J connectivity index is 0.000000291. The van der Waals surface area contributed by atoms with Crippen LogP contribution in [0.5, 0.6) is 5.75 Å². The van der Waals surface area contributed by atoms with Crippen LogP contribution in [0.3, 0.4) is 0 Å². The highest BCUT2D eigenvalue weighted by atomic mass is 16.5. The predicted octanol–water partition coefficient (Wildman–Crippen LogP) is 1.78. The summed E-state index contributed by atoms with van der Waals surface area (Å²) < 4.78 is 5.48. The Morgan fingerprint density at radius 2 is 1.61 bits per heavy atom. The first-order valence-electron chi connectivity index (χ1n) is 10.0. The quantitative estimate of drug-likeness (QED) is 0.448. The van der Waals surface area contributed by atoms with Gasteiger partial charge in [-0.1, -0.05) is 42.5 Å². The van der Waals surface area contributed by atoms with Gasteiger partial charge in [0.15, 0.2) is 12.2 Å². The molecule has 0 saturated carbocycles. The van der Waals surface area contributed by atoms with Gasteiger partial charge >= 0.3 is 11.9 Å².